The smallest absolute Gasteiger partial charge is 0.222 e. The lowest BCUT2D eigenvalue weighted by molar-refractivity contribution is -0.138. The van der Waals surface area contributed by atoms with Gasteiger partial charge in [0.15, 0.2) is 0 Å². The molecule has 1 aromatic carbocycles. The number of hydrogen-bond acceptors (Lipinski definition) is 2. The molecule has 0 unspecified atom stereocenters. The summed E-state index contributed by atoms with van der Waals surface area (Å²) in [5, 5.41) is 0. The predicted molar refractivity (Wildman–Crippen MR) is 77.8 cm³/mol. The summed E-state index contributed by atoms with van der Waals surface area (Å²) in [5.74, 6) is 0.277. The highest BCUT2D eigenvalue weighted by molar-refractivity contribution is 5.76. The highest BCUT2D eigenvalue weighted by Gasteiger charge is 2.31. The van der Waals surface area contributed by atoms with E-state index in [2.05, 4.69) is 47.9 Å². The lowest BCUT2D eigenvalue weighted by Gasteiger charge is -2.44. The summed E-state index contributed by atoms with van der Waals surface area (Å²) in [5.41, 5.74) is 1.34. The zero-order chi connectivity index (χ0) is 13.8. The molecule has 0 N–H and O–H groups in total. The van der Waals surface area contributed by atoms with Gasteiger partial charge in [0.25, 0.3) is 0 Å². The van der Waals surface area contributed by atoms with E-state index >= 15 is 0 Å². The molecular formula is C16H24N2O. The number of carbonyl (C=O) groups is 1. The van der Waals surface area contributed by atoms with Crippen LogP contribution in [0.1, 0.15) is 32.8 Å². The molecule has 0 bridgehead atoms. The summed E-state index contributed by atoms with van der Waals surface area (Å²) in [7, 11) is 0. The summed E-state index contributed by atoms with van der Waals surface area (Å²) in [4.78, 5) is 16.5. The zero-order valence-corrected chi connectivity index (χ0v) is 12.2. The normalized spacial score (nSPS) is 24.5. The summed E-state index contributed by atoms with van der Waals surface area (Å²) in [6.45, 7) is 9.15. The minimum absolute atomic E-state index is 0.277. The van der Waals surface area contributed by atoms with Crippen LogP contribution < -0.4 is 0 Å². The number of rotatable bonds is 3. The van der Waals surface area contributed by atoms with Crippen LogP contribution in [0, 0.1) is 0 Å². The van der Waals surface area contributed by atoms with Gasteiger partial charge in [-0.25, -0.2) is 0 Å². The van der Waals surface area contributed by atoms with E-state index in [1.165, 1.54) is 5.56 Å². The van der Waals surface area contributed by atoms with Crippen LogP contribution in [0.3, 0.4) is 0 Å². The van der Waals surface area contributed by atoms with Crippen molar-refractivity contribution in [3.05, 3.63) is 35.9 Å². The average molecular weight is 260 g/mol. The van der Waals surface area contributed by atoms with Gasteiger partial charge in [-0.15, -0.1) is 0 Å². The van der Waals surface area contributed by atoms with Crippen molar-refractivity contribution >= 4 is 5.91 Å². The van der Waals surface area contributed by atoms with Crippen LogP contribution in [0.4, 0.5) is 0 Å². The van der Waals surface area contributed by atoms with Crippen molar-refractivity contribution in [2.24, 2.45) is 0 Å². The van der Waals surface area contributed by atoms with Crippen LogP contribution in [0.25, 0.3) is 0 Å². The lowest BCUT2D eigenvalue weighted by Crippen LogP contribution is -2.58. The zero-order valence-electron chi connectivity index (χ0n) is 12.2. The molecule has 104 valence electrons. The van der Waals surface area contributed by atoms with E-state index in [0.717, 1.165) is 19.6 Å². The molecule has 0 saturated carbocycles. The molecule has 0 spiro atoms. The number of piperazine rings is 1. The number of benzene rings is 1. The fourth-order valence-corrected chi connectivity index (χ4v) is 3.08. The van der Waals surface area contributed by atoms with E-state index < -0.39 is 0 Å². The van der Waals surface area contributed by atoms with E-state index in [4.69, 9.17) is 0 Å². The molecule has 1 aromatic rings. The number of nitrogens with zero attached hydrogens (tertiary/aromatic N) is 2. The molecule has 2 atom stereocenters. The highest BCUT2D eigenvalue weighted by Crippen LogP contribution is 2.18. The maximum absolute atomic E-state index is 12.0. The van der Waals surface area contributed by atoms with Gasteiger partial charge in [-0.05, 0) is 19.4 Å². The standard InChI is InChI=1S/C16H24N2O/c1-4-16(19)18-13(2)10-17(11-14(18)3)12-15-8-6-5-7-9-15/h5-9,13-14H,4,10-12H2,1-3H3/t13-,14-/m1/s1. The predicted octanol–water partition coefficient (Wildman–Crippen LogP) is 2.52. The minimum Gasteiger partial charge on any atom is -0.335 e. The summed E-state index contributed by atoms with van der Waals surface area (Å²) < 4.78 is 0. The first-order chi connectivity index (χ1) is 9.11. The second kappa shape index (κ2) is 6.20. The van der Waals surface area contributed by atoms with E-state index in [0.29, 0.717) is 18.5 Å². The highest BCUT2D eigenvalue weighted by atomic mass is 16.2. The molecule has 3 heteroatoms. The number of amides is 1. The van der Waals surface area contributed by atoms with Gasteiger partial charge in [-0.1, -0.05) is 37.3 Å². The topological polar surface area (TPSA) is 23.6 Å². The van der Waals surface area contributed by atoms with Crippen molar-refractivity contribution in [3.8, 4) is 0 Å². The van der Waals surface area contributed by atoms with Crippen LogP contribution in [-0.4, -0.2) is 40.9 Å². The van der Waals surface area contributed by atoms with Gasteiger partial charge in [0.2, 0.25) is 5.91 Å². The fourth-order valence-electron chi connectivity index (χ4n) is 3.08. The molecule has 1 fully saturated rings. The second-order valence-electron chi connectivity index (χ2n) is 5.53. The third-order valence-corrected chi connectivity index (χ3v) is 3.83. The van der Waals surface area contributed by atoms with Crippen molar-refractivity contribution in [2.45, 2.75) is 45.8 Å². The number of carbonyl (C=O) groups excluding carboxylic acids is 1. The molecule has 2 rings (SSSR count). The van der Waals surface area contributed by atoms with E-state index in [9.17, 15) is 4.79 Å². The first kappa shape index (κ1) is 14.1. The Morgan fingerprint density at radius 2 is 1.74 bits per heavy atom. The van der Waals surface area contributed by atoms with E-state index in [-0.39, 0.29) is 5.91 Å². The third kappa shape index (κ3) is 3.35. The Morgan fingerprint density at radius 1 is 1.16 bits per heavy atom. The monoisotopic (exact) mass is 260 g/mol. The van der Waals surface area contributed by atoms with Crippen molar-refractivity contribution in [3.63, 3.8) is 0 Å². The Hall–Kier alpha value is -1.35. The van der Waals surface area contributed by atoms with Crippen LogP contribution in [0.5, 0.6) is 0 Å². The summed E-state index contributed by atoms with van der Waals surface area (Å²) >= 11 is 0. The minimum atomic E-state index is 0.277. The van der Waals surface area contributed by atoms with Gasteiger partial charge in [0.05, 0.1) is 0 Å². The van der Waals surface area contributed by atoms with Gasteiger partial charge in [-0.3, -0.25) is 9.69 Å². The Labute approximate surface area is 116 Å². The molecule has 1 aliphatic heterocycles. The SMILES string of the molecule is CCC(=O)N1[C@H](C)CN(Cc2ccccc2)C[C@H]1C. The molecule has 0 aromatic heterocycles. The molecule has 0 radical (unpaired) electrons. The quantitative estimate of drug-likeness (QED) is 0.833. The van der Waals surface area contributed by atoms with Crippen molar-refractivity contribution < 1.29 is 4.79 Å². The summed E-state index contributed by atoms with van der Waals surface area (Å²) in [6, 6.07) is 11.2. The average Bonchev–Trinajstić information content (AvgIpc) is 2.38. The Kier molecular flexibility index (Phi) is 4.59. The third-order valence-electron chi connectivity index (χ3n) is 3.83. The first-order valence-corrected chi connectivity index (χ1v) is 7.19. The molecule has 1 aliphatic rings. The largest absolute Gasteiger partial charge is 0.335 e. The van der Waals surface area contributed by atoms with E-state index in [1.54, 1.807) is 0 Å². The van der Waals surface area contributed by atoms with E-state index in [1.807, 2.05) is 13.0 Å². The molecule has 19 heavy (non-hydrogen) atoms. The molecule has 1 amide bonds. The van der Waals surface area contributed by atoms with Gasteiger partial charge < -0.3 is 4.90 Å². The summed E-state index contributed by atoms with van der Waals surface area (Å²) in [6.07, 6.45) is 0.605. The lowest BCUT2D eigenvalue weighted by atomic mass is 10.1. The number of hydrogen-bond donors (Lipinski definition) is 0. The van der Waals surface area contributed by atoms with Crippen LogP contribution in [0.2, 0.25) is 0 Å². The first-order valence-electron chi connectivity index (χ1n) is 7.19. The fraction of sp³-hybridized carbons (Fsp3) is 0.562. The van der Waals surface area contributed by atoms with Crippen molar-refractivity contribution in [1.29, 1.82) is 0 Å². The molecule has 1 saturated heterocycles. The van der Waals surface area contributed by atoms with Crippen LogP contribution in [0.15, 0.2) is 30.3 Å². The van der Waals surface area contributed by atoms with Gasteiger partial charge in [0, 0.05) is 38.1 Å². The van der Waals surface area contributed by atoms with Gasteiger partial charge in [0.1, 0.15) is 0 Å². The second-order valence-corrected chi connectivity index (χ2v) is 5.53. The Morgan fingerprint density at radius 3 is 2.26 bits per heavy atom. The molecule has 1 heterocycles. The molecule has 0 aliphatic carbocycles. The van der Waals surface area contributed by atoms with Crippen LogP contribution in [-0.2, 0) is 11.3 Å². The van der Waals surface area contributed by atoms with Crippen molar-refractivity contribution in [2.75, 3.05) is 13.1 Å². The van der Waals surface area contributed by atoms with Gasteiger partial charge >= 0.3 is 0 Å². The molecular weight excluding hydrogens is 236 g/mol. The molecule has 3 nitrogen and oxygen atoms in total. The van der Waals surface area contributed by atoms with Crippen molar-refractivity contribution in [1.82, 2.24) is 9.80 Å². The maximum Gasteiger partial charge on any atom is 0.222 e. The van der Waals surface area contributed by atoms with Gasteiger partial charge in [-0.2, -0.15) is 0 Å². The Balaban J connectivity index is 1.99. The Bertz CT molecular complexity index is 406. The maximum atomic E-state index is 12.0. The van der Waals surface area contributed by atoms with Crippen LogP contribution >= 0.6 is 0 Å².